The van der Waals surface area contributed by atoms with E-state index >= 15 is 0 Å². The number of ether oxygens (including phenoxy) is 3. The summed E-state index contributed by atoms with van der Waals surface area (Å²) < 4.78 is 17.8. The predicted octanol–water partition coefficient (Wildman–Crippen LogP) is 5.77. The minimum Gasteiger partial charge on any atom is -0.507 e. The van der Waals surface area contributed by atoms with Crippen molar-refractivity contribution in [3.8, 4) is 17.2 Å². The fraction of sp³-hybridized carbons (Fsp3) is 0.250. The summed E-state index contributed by atoms with van der Waals surface area (Å²) in [7, 11) is 0. The third kappa shape index (κ3) is 5.09. The average Bonchev–Trinajstić information content (AvgIpc) is 3.66. The minimum absolute atomic E-state index is 0.0169. The fourth-order valence-corrected chi connectivity index (χ4v) is 5.99. The zero-order valence-corrected chi connectivity index (χ0v) is 24.2. The molecular weight excluding hydrogens is 554 g/mol. The van der Waals surface area contributed by atoms with Gasteiger partial charge in [-0.3, -0.25) is 14.5 Å². The number of aromatic nitrogens is 2. The topological polar surface area (TPSA) is 111 Å². The summed E-state index contributed by atoms with van der Waals surface area (Å²) in [5.41, 5.74) is 2.86. The first-order valence-corrected chi connectivity index (χ1v) is 14.5. The van der Waals surface area contributed by atoms with Gasteiger partial charge in [-0.15, -0.1) is 10.2 Å². The number of benzene rings is 3. The highest BCUT2D eigenvalue weighted by Crippen LogP contribution is 2.45. The lowest BCUT2D eigenvalue weighted by atomic mass is 9.94. The first-order valence-electron chi connectivity index (χ1n) is 13.7. The third-order valence-corrected chi connectivity index (χ3v) is 7.99. The number of rotatable bonds is 8. The van der Waals surface area contributed by atoms with Gasteiger partial charge in [-0.25, -0.2) is 0 Å². The Kier molecular flexibility index (Phi) is 7.38. The van der Waals surface area contributed by atoms with Crippen LogP contribution in [0.3, 0.4) is 0 Å². The summed E-state index contributed by atoms with van der Waals surface area (Å²) in [6.45, 7) is 6.31. The van der Waals surface area contributed by atoms with Gasteiger partial charge >= 0.3 is 5.91 Å². The number of nitrogens with zero attached hydrogens (tertiary/aromatic N) is 3. The highest BCUT2D eigenvalue weighted by Gasteiger charge is 2.48. The molecule has 1 saturated heterocycles. The Bertz CT molecular complexity index is 1700. The van der Waals surface area contributed by atoms with Crippen molar-refractivity contribution in [3.05, 3.63) is 99.6 Å². The molecule has 0 saturated carbocycles. The quantitative estimate of drug-likeness (QED) is 0.158. The first kappa shape index (κ1) is 27.5. The Hall–Kier alpha value is -4.70. The van der Waals surface area contributed by atoms with Gasteiger partial charge in [0.2, 0.25) is 5.13 Å². The zero-order valence-electron chi connectivity index (χ0n) is 23.4. The van der Waals surface area contributed by atoms with Crippen molar-refractivity contribution in [2.75, 3.05) is 11.5 Å². The Morgan fingerprint density at radius 3 is 2.60 bits per heavy atom. The molecule has 1 fully saturated rings. The van der Waals surface area contributed by atoms with Crippen molar-refractivity contribution in [2.24, 2.45) is 0 Å². The van der Waals surface area contributed by atoms with Crippen LogP contribution in [0.15, 0.2) is 72.3 Å². The molecule has 2 aliphatic rings. The zero-order chi connectivity index (χ0) is 29.4. The number of hydrogen-bond donors (Lipinski definition) is 1. The fourth-order valence-electron chi connectivity index (χ4n) is 5.27. The van der Waals surface area contributed by atoms with E-state index in [1.54, 1.807) is 43.3 Å². The summed E-state index contributed by atoms with van der Waals surface area (Å²) in [6.07, 6.45) is 0.698. The molecular formula is C32H29N3O6S. The van der Waals surface area contributed by atoms with E-state index in [1.165, 1.54) is 16.2 Å². The van der Waals surface area contributed by atoms with E-state index in [9.17, 15) is 14.7 Å². The number of amides is 1. The molecule has 1 amide bonds. The molecule has 3 aromatic carbocycles. The van der Waals surface area contributed by atoms with Crippen molar-refractivity contribution >= 4 is 33.9 Å². The van der Waals surface area contributed by atoms with E-state index in [0.29, 0.717) is 47.3 Å². The van der Waals surface area contributed by atoms with Crippen LogP contribution >= 0.6 is 11.3 Å². The highest BCUT2D eigenvalue weighted by molar-refractivity contribution is 7.15. The first-order chi connectivity index (χ1) is 20.3. The normalized spacial score (nSPS) is 19.1. The maximum absolute atomic E-state index is 13.6. The molecule has 6 rings (SSSR count). The van der Waals surface area contributed by atoms with E-state index < -0.39 is 17.7 Å². The van der Waals surface area contributed by atoms with Crippen LogP contribution in [-0.2, 0) is 22.6 Å². The van der Waals surface area contributed by atoms with E-state index in [-0.39, 0.29) is 22.6 Å². The van der Waals surface area contributed by atoms with Gasteiger partial charge in [0.15, 0.2) is 11.5 Å². The van der Waals surface area contributed by atoms with Crippen LogP contribution < -0.4 is 19.1 Å². The maximum atomic E-state index is 13.6. The van der Waals surface area contributed by atoms with Gasteiger partial charge in [0, 0.05) is 12.0 Å². The molecule has 0 aliphatic carbocycles. The number of Topliss-reactive ketones (excluding diaryl/α,β-unsaturated/α-hetero) is 1. The SMILES string of the molecule is CCOc1cc([C@H]2C(=C(O)c3ccc4c(c3)C[C@H](C)O4)C(=O)C(=O)N2c2nnc(C)s2)ccc1OCc1ccccc1. The molecule has 42 heavy (non-hydrogen) atoms. The van der Waals surface area contributed by atoms with Crippen molar-refractivity contribution < 1.29 is 28.9 Å². The molecule has 2 atom stereocenters. The largest absolute Gasteiger partial charge is 0.507 e. The second-order valence-corrected chi connectivity index (χ2v) is 11.3. The average molecular weight is 584 g/mol. The summed E-state index contributed by atoms with van der Waals surface area (Å²) in [5.74, 6) is -0.162. The van der Waals surface area contributed by atoms with E-state index in [1.807, 2.05) is 44.2 Å². The predicted molar refractivity (Wildman–Crippen MR) is 158 cm³/mol. The molecule has 214 valence electrons. The summed E-state index contributed by atoms with van der Waals surface area (Å²) in [5, 5.41) is 20.7. The van der Waals surface area contributed by atoms with Crippen LogP contribution in [0.2, 0.25) is 0 Å². The molecule has 4 aromatic rings. The molecule has 3 heterocycles. The number of anilines is 1. The number of ketones is 1. The summed E-state index contributed by atoms with van der Waals surface area (Å²) in [6, 6.07) is 19.3. The molecule has 9 nitrogen and oxygen atoms in total. The van der Waals surface area contributed by atoms with Crippen LogP contribution in [0.25, 0.3) is 5.76 Å². The molecule has 0 unspecified atom stereocenters. The number of fused-ring (bicyclic) bond motifs is 1. The van der Waals surface area contributed by atoms with E-state index in [0.717, 1.165) is 16.9 Å². The Balaban J connectivity index is 1.45. The van der Waals surface area contributed by atoms with Crippen molar-refractivity contribution in [1.82, 2.24) is 10.2 Å². The number of aliphatic hydroxyl groups excluding tert-OH is 1. The number of aliphatic hydroxyl groups is 1. The molecule has 1 aromatic heterocycles. The maximum Gasteiger partial charge on any atom is 0.301 e. The van der Waals surface area contributed by atoms with Gasteiger partial charge in [0.25, 0.3) is 5.78 Å². The van der Waals surface area contributed by atoms with Crippen LogP contribution in [0.4, 0.5) is 5.13 Å². The van der Waals surface area contributed by atoms with Crippen LogP contribution in [0.1, 0.15) is 47.2 Å². The van der Waals surface area contributed by atoms with Gasteiger partial charge < -0.3 is 19.3 Å². The number of carbonyl (C=O) groups is 2. The second-order valence-electron chi connectivity index (χ2n) is 10.1. The molecule has 1 N–H and O–H groups in total. The Morgan fingerprint density at radius 1 is 1.05 bits per heavy atom. The molecule has 10 heteroatoms. The van der Waals surface area contributed by atoms with E-state index in [2.05, 4.69) is 10.2 Å². The van der Waals surface area contributed by atoms with Crippen LogP contribution in [-0.4, -0.2) is 39.7 Å². The lowest BCUT2D eigenvalue weighted by molar-refractivity contribution is -0.132. The molecule has 0 bridgehead atoms. The number of carbonyl (C=O) groups excluding carboxylic acids is 2. The van der Waals surface area contributed by atoms with E-state index in [4.69, 9.17) is 14.2 Å². The Morgan fingerprint density at radius 2 is 1.86 bits per heavy atom. The molecule has 0 spiro atoms. The van der Waals surface area contributed by atoms with Gasteiger partial charge in [-0.1, -0.05) is 47.7 Å². The van der Waals surface area contributed by atoms with Gasteiger partial charge in [0.1, 0.15) is 29.2 Å². The monoisotopic (exact) mass is 583 g/mol. The van der Waals surface area contributed by atoms with Crippen molar-refractivity contribution in [3.63, 3.8) is 0 Å². The van der Waals surface area contributed by atoms with Gasteiger partial charge in [-0.05, 0) is 67.8 Å². The molecule has 0 radical (unpaired) electrons. The standard InChI is InChI=1S/C32H29N3O6S/c1-4-39-26-16-21(10-13-25(26)40-17-20-8-6-5-7-9-20)28-27(30(37)31(38)35(28)32-34-33-19(3)42-32)29(36)22-11-12-24-23(15-22)14-18(2)41-24/h5-13,15-16,18,28,36H,4,14,17H2,1-3H3/t18-,28-/m0/s1. The lowest BCUT2D eigenvalue weighted by Crippen LogP contribution is -2.29. The third-order valence-electron chi connectivity index (χ3n) is 7.16. The highest BCUT2D eigenvalue weighted by atomic mass is 32.1. The van der Waals surface area contributed by atoms with Crippen LogP contribution in [0.5, 0.6) is 17.2 Å². The smallest absolute Gasteiger partial charge is 0.301 e. The van der Waals surface area contributed by atoms with Crippen molar-refractivity contribution in [1.29, 1.82) is 0 Å². The number of hydrogen-bond acceptors (Lipinski definition) is 9. The van der Waals surface area contributed by atoms with Crippen LogP contribution in [0, 0.1) is 6.92 Å². The number of aryl methyl sites for hydroxylation is 1. The summed E-state index contributed by atoms with van der Waals surface area (Å²) >= 11 is 1.19. The summed E-state index contributed by atoms with van der Waals surface area (Å²) in [4.78, 5) is 28.4. The minimum atomic E-state index is -0.969. The van der Waals surface area contributed by atoms with Crippen molar-refractivity contribution in [2.45, 2.75) is 45.9 Å². The van der Waals surface area contributed by atoms with Gasteiger partial charge in [-0.2, -0.15) is 0 Å². The van der Waals surface area contributed by atoms with Gasteiger partial charge in [0.05, 0.1) is 18.2 Å². The molecule has 2 aliphatic heterocycles. The second kappa shape index (κ2) is 11.3. The Labute approximate surface area is 247 Å². The lowest BCUT2D eigenvalue weighted by Gasteiger charge is -2.24.